The number of amides is 4. The van der Waals surface area contributed by atoms with E-state index < -0.39 is 151 Å². The summed E-state index contributed by atoms with van der Waals surface area (Å²) in [4.78, 5) is 120. The van der Waals surface area contributed by atoms with E-state index in [-0.39, 0.29) is 57.5 Å². The lowest BCUT2D eigenvalue weighted by Gasteiger charge is -2.28. The number of aliphatic hydroxyl groups excluding tert-OH is 3. The molecule has 362 valence electrons. The van der Waals surface area contributed by atoms with E-state index >= 15 is 0 Å². The topological polar surface area (TPSA) is 387 Å². The van der Waals surface area contributed by atoms with Crippen molar-refractivity contribution < 1.29 is 63.6 Å². The van der Waals surface area contributed by atoms with Gasteiger partial charge in [0.2, 0.25) is 23.6 Å². The van der Waals surface area contributed by atoms with Gasteiger partial charge in [-0.05, 0) is 43.9 Å². The van der Waals surface area contributed by atoms with Gasteiger partial charge in [0.05, 0.1) is 49.3 Å². The molecule has 0 fully saturated rings. The Hall–Kier alpha value is -4.86. The van der Waals surface area contributed by atoms with Crippen molar-refractivity contribution in [2.45, 2.75) is 156 Å². The lowest BCUT2D eigenvalue weighted by atomic mass is 9.84. The lowest BCUT2D eigenvalue weighted by Crippen LogP contribution is -2.52. The number of primary amides is 1. The molecule has 63 heavy (non-hydrogen) atoms. The van der Waals surface area contributed by atoms with Gasteiger partial charge in [0.1, 0.15) is 6.04 Å². The molecule has 0 saturated carbocycles. The molecule has 0 aromatic heterocycles. The van der Waals surface area contributed by atoms with Crippen LogP contribution in [0.1, 0.15) is 120 Å². The third kappa shape index (κ3) is 22.9. The highest BCUT2D eigenvalue weighted by molar-refractivity contribution is 5.98. The Bertz CT molecular complexity index is 1570. The summed E-state index contributed by atoms with van der Waals surface area (Å²) in [6.45, 7) is 11.0. The largest absolute Gasteiger partial charge is 0.481 e. The molecule has 0 bridgehead atoms. The van der Waals surface area contributed by atoms with Gasteiger partial charge >= 0.3 is 5.97 Å². The third-order valence-electron chi connectivity index (χ3n) is 10.6. The van der Waals surface area contributed by atoms with Crippen LogP contribution in [0.4, 0.5) is 0 Å². The predicted octanol–water partition coefficient (Wildman–Crippen LogP) is -1.02. The van der Waals surface area contributed by atoms with E-state index in [1.807, 2.05) is 13.8 Å². The van der Waals surface area contributed by atoms with E-state index in [2.05, 4.69) is 20.9 Å². The van der Waals surface area contributed by atoms with Crippen LogP contribution in [0.2, 0.25) is 0 Å². The quantitative estimate of drug-likeness (QED) is 0.0213. The Kier molecular flexibility index (Phi) is 28.9. The van der Waals surface area contributed by atoms with Gasteiger partial charge in [0.25, 0.3) is 0 Å². The fraction of sp³-hybridized carbons (Fsp3) is 0.762. The van der Waals surface area contributed by atoms with Gasteiger partial charge in [-0.2, -0.15) is 0 Å². The normalized spacial score (nSPS) is 16.0. The number of nitrogens with one attached hydrogen (secondary N) is 3. The number of carbonyl (C=O) groups excluding carboxylic acids is 8. The van der Waals surface area contributed by atoms with Crippen LogP contribution < -0.4 is 38.9 Å². The van der Waals surface area contributed by atoms with E-state index in [9.17, 15) is 58.5 Å². The molecule has 21 heteroatoms. The maximum atomic E-state index is 14.1. The van der Waals surface area contributed by atoms with Crippen molar-refractivity contribution in [2.75, 3.05) is 13.2 Å². The number of hydrogen-bond donors (Lipinski definition) is 11. The van der Waals surface area contributed by atoms with Crippen LogP contribution in [-0.4, -0.2) is 129 Å². The maximum absolute atomic E-state index is 14.1. The first-order chi connectivity index (χ1) is 28.8. The molecule has 21 nitrogen and oxygen atoms in total. The SMILES string of the molecule is C.CC[C@H](C)C(CC(=O)[C@@H](CCCN=C(N)N)NC(=O)[C@@H](CC(=O)[C@@H](N)[C@H](O)C(C)C)CC(C)C)C(=O)N[C@H](C(=O)CCC(=O)N[C@@H](CC(N)=O)C(=O)C[C@@H](CO)C(=O)O)[C@H](C)O. The summed E-state index contributed by atoms with van der Waals surface area (Å²) < 4.78 is 0. The number of rotatable bonds is 33. The van der Waals surface area contributed by atoms with E-state index in [1.165, 1.54) is 6.92 Å². The smallest absolute Gasteiger partial charge is 0.309 e. The second-order valence-electron chi connectivity index (χ2n) is 16.8. The molecular formula is C42H76N8O13. The summed E-state index contributed by atoms with van der Waals surface area (Å²) in [5.41, 5.74) is 22.1. The summed E-state index contributed by atoms with van der Waals surface area (Å²) in [5, 5.41) is 46.9. The van der Waals surface area contributed by atoms with Crippen LogP contribution in [0.3, 0.4) is 0 Å². The monoisotopic (exact) mass is 901 g/mol. The van der Waals surface area contributed by atoms with Gasteiger partial charge in [-0.25, -0.2) is 0 Å². The molecule has 0 aromatic carbocycles. The Labute approximate surface area is 370 Å². The second kappa shape index (κ2) is 30.3. The van der Waals surface area contributed by atoms with Crippen LogP contribution in [0.25, 0.3) is 0 Å². The number of aliphatic hydroxyl groups is 3. The zero-order chi connectivity index (χ0) is 48.0. The second-order valence-corrected chi connectivity index (χ2v) is 16.8. The highest BCUT2D eigenvalue weighted by Crippen LogP contribution is 2.24. The van der Waals surface area contributed by atoms with Gasteiger partial charge in [0.15, 0.2) is 29.1 Å². The molecular weight excluding hydrogens is 825 g/mol. The molecule has 0 heterocycles. The fourth-order valence-corrected chi connectivity index (χ4v) is 6.59. The molecule has 0 aromatic rings. The number of Topliss-reactive ketones (excluding diaryl/α,β-unsaturated/α-hetero) is 4. The van der Waals surface area contributed by atoms with Crippen molar-refractivity contribution in [2.24, 2.45) is 63.4 Å². The number of ketones is 4. The molecule has 0 aliphatic rings. The first-order valence-electron chi connectivity index (χ1n) is 21.1. The number of carbonyl (C=O) groups is 9. The molecule has 0 radical (unpaired) electrons. The number of nitrogens with two attached hydrogens (primary N) is 4. The summed E-state index contributed by atoms with van der Waals surface area (Å²) >= 11 is 0. The molecule has 4 amide bonds. The minimum Gasteiger partial charge on any atom is -0.481 e. The summed E-state index contributed by atoms with van der Waals surface area (Å²) in [6, 6.07) is -5.48. The highest BCUT2D eigenvalue weighted by Gasteiger charge is 2.36. The fourth-order valence-electron chi connectivity index (χ4n) is 6.59. The Morgan fingerprint density at radius 3 is 1.75 bits per heavy atom. The highest BCUT2D eigenvalue weighted by atomic mass is 16.4. The van der Waals surface area contributed by atoms with Crippen LogP contribution in [0.5, 0.6) is 0 Å². The van der Waals surface area contributed by atoms with E-state index in [0.717, 1.165) is 0 Å². The minimum absolute atomic E-state index is 0. The lowest BCUT2D eigenvalue weighted by molar-refractivity contribution is -0.145. The number of carboxylic acids is 1. The molecule has 0 aliphatic carbocycles. The van der Waals surface area contributed by atoms with E-state index in [0.29, 0.717) is 6.42 Å². The molecule has 0 spiro atoms. The van der Waals surface area contributed by atoms with Gasteiger partial charge in [-0.3, -0.25) is 48.1 Å². The predicted molar refractivity (Wildman–Crippen MR) is 234 cm³/mol. The number of aliphatic carboxylic acids is 1. The number of nitrogens with zero attached hydrogens (tertiary/aromatic N) is 1. The number of hydrogen-bond acceptors (Lipinski definition) is 14. The average molecular weight is 901 g/mol. The van der Waals surface area contributed by atoms with Crippen molar-refractivity contribution in [1.29, 1.82) is 0 Å². The Morgan fingerprint density at radius 2 is 1.27 bits per heavy atom. The van der Waals surface area contributed by atoms with Gasteiger partial charge in [-0.15, -0.1) is 0 Å². The number of aliphatic imine (C=N–C) groups is 1. The third-order valence-corrected chi connectivity index (χ3v) is 10.6. The Balaban J connectivity index is 0. The standard InChI is InChI=1S/C41H72N8O13.CH4/c1-8-22(6)26(39(60)49-36(23(7)51)29(52)11-12-34(57)47-28(18-33(42)56)30(53)16-25(19-50)40(61)62)17-31(54)27(10-9-13-46-41(44)45)48-38(59)24(14-20(2)3)15-32(55)35(43)37(58)21(4)5;/h20-28,35-37,50-51,58H,8-19,43H2,1-7H3,(H2,42,56)(H,47,57)(H,48,59)(H,49,60)(H,61,62)(H4,44,45,46);1H4/t22-,23-,24+,25-,26?,27+,28-,35+,36-,37+;/m0./s1. The number of carboxylic acid groups (broad SMARTS) is 1. The van der Waals surface area contributed by atoms with Gasteiger partial charge < -0.3 is 59.3 Å². The molecule has 0 rings (SSSR count). The van der Waals surface area contributed by atoms with Crippen molar-refractivity contribution in [1.82, 2.24) is 16.0 Å². The van der Waals surface area contributed by atoms with Crippen molar-refractivity contribution >= 4 is 58.7 Å². The van der Waals surface area contributed by atoms with Crippen molar-refractivity contribution in [3.63, 3.8) is 0 Å². The molecule has 10 atom stereocenters. The molecule has 1 unspecified atom stereocenters. The van der Waals surface area contributed by atoms with Gasteiger partial charge in [0, 0.05) is 50.5 Å². The van der Waals surface area contributed by atoms with Crippen LogP contribution in [-0.2, 0) is 43.2 Å². The molecule has 0 aliphatic heterocycles. The summed E-state index contributed by atoms with van der Waals surface area (Å²) in [6.07, 6.45) is -4.91. The average Bonchev–Trinajstić information content (AvgIpc) is 3.18. The van der Waals surface area contributed by atoms with E-state index in [4.69, 9.17) is 28.0 Å². The van der Waals surface area contributed by atoms with Crippen LogP contribution >= 0.6 is 0 Å². The van der Waals surface area contributed by atoms with Crippen molar-refractivity contribution in [3.8, 4) is 0 Å². The zero-order valence-electron chi connectivity index (χ0n) is 37.1. The number of guanidine groups is 1. The van der Waals surface area contributed by atoms with Crippen molar-refractivity contribution in [3.05, 3.63) is 0 Å². The minimum atomic E-state index is -1.55. The van der Waals surface area contributed by atoms with Crippen LogP contribution in [0.15, 0.2) is 4.99 Å². The first kappa shape index (κ1) is 60.2. The first-order valence-corrected chi connectivity index (χ1v) is 21.1. The maximum Gasteiger partial charge on any atom is 0.309 e. The summed E-state index contributed by atoms with van der Waals surface area (Å²) in [7, 11) is 0. The van der Waals surface area contributed by atoms with Gasteiger partial charge in [-0.1, -0.05) is 55.4 Å². The van der Waals surface area contributed by atoms with E-state index in [1.54, 1.807) is 27.7 Å². The zero-order valence-corrected chi connectivity index (χ0v) is 37.1. The molecule has 0 saturated heterocycles. The summed E-state index contributed by atoms with van der Waals surface area (Å²) in [5.74, 6) is -12.0. The Morgan fingerprint density at radius 1 is 0.698 bits per heavy atom. The van der Waals surface area contributed by atoms with Crippen LogP contribution in [0, 0.1) is 35.5 Å². The molecule has 15 N–H and O–H groups in total.